The van der Waals surface area contributed by atoms with Gasteiger partial charge in [-0.1, -0.05) is 28.1 Å². The highest BCUT2D eigenvalue weighted by atomic mass is 79.9. The van der Waals surface area contributed by atoms with Gasteiger partial charge in [0.1, 0.15) is 10.6 Å². The third kappa shape index (κ3) is 4.58. The molecule has 3 N–H and O–H groups in total. The van der Waals surface area contributed by atoms with E-state index in [1.54, 1.807) is 27.0 Å². The van der Waals surface area contributed by atoms with Crippen molar-refractivity contribution in [1.29, 1.82) is 0 Å². The lowest BCUT2D eigenvalue weighted by molar-refractivity contribution is 0.410. The van der Waals surface area contributed by atoms with Gasteiger partial charge in [0, 0.05) is 27.7 Å². The van der Waals surface area contributed by atoms with Crippen LogP contribution in [0.5, 0.6) is 5.75 Å². The van der Waals surface area contributed by atoms with E-state index in [9.17, 15) is 13.0 Å². The number of aromatic nitrogens is 2. The number of nitrogen functional groups attached to an aromatic ring is 1. The van der Waals surface area contributed by atoms with Crippen LogP contribution in [0.25, 0.3) is 11.3 Å². The number of hydrogen-bond acceptors (Lipinski definition) is 6. The minimum atomic E-state index is -4.42. The summed E-state index contributed by atoms with van der Waals surface area (Å²) in [4.78, 5) is 8.70. The van der Waals surface area contributed by atoms with Crippen LogP contribution in [0.2, 0.25) is 0 Å². The molecule has 164 valence electrons. The van der Waals surface area contributed by atoms with E-state index in [4.69, 9.17) is 10.5 Å². The third-order valence-corrected chi connectivity index (χ3v) is 6.88. The van der Waals surface area contributed by atoms with Crippen LogP contribution in [0.15, 0.2) is 33.6 Å². The van der Waals surface area contributed by atoms with Gasteiger partial charge < -0.3 is 10.5 Å². The van der Waals surface area contributed by atoms with E-state index >= 15 is 0 Å². The van der Waals surface area contributed by atoms with Crippen LogP contribution in [0.3, 0.4) is 0 Å². The molecule has 0 amide bonds. The fourth-order valence-electron chi connectivity index (χ4n) is 4.02. The van der Waals surface area contributed by atoms with Gasteiger partial charge in [-0.25, -0.2) is 9.97 Å². The Morgan fingerprint density at radius 3 is 2.39 bits per heavy atom. The Kier molecular flexibility index (Phi) is 6.40. The fourth-order valence-corrected chi connectivity index (χ4v) is 5.31. The summed E-state index contributed by atoms with van der Waals surface area (Å²) in [5.41, 5.74) is 11.2. The molecule has 0 unspecified atom stereocenters. The number of nitrogens with two attached hydrogens (primary N) is 1. The highest BCUT2D eigenvalue weighted by molar-refractivity contribution is 9.10. The standard InChI is InChI=1S/C22H24BrN3O4S/c1-11-8-12(2)21(31(27,28)29)13(3)19(11)20-17(14(4)25-22(24)26-20)9-15-6-7-16(23)10-18(15)30-5/h6-8,10H,9H2,1-5H3,(H2,24,25,26)(H,27,28,29). The molecule has 0 aliphatic rings. The molecule has 0 atom stereocenters. The minimum absolute atomic E-state index is 0.0896. The van der Waals surface area contributed by atoms with Gasteiger partial charge in [0.2, 0.25) is 5.95 Å². The molecular weight excluding hydrogens is 482 g/mol. The Hall–Kier alpha value is -2.49. The highest BCUT2D eigenvalue weighted by Gasteiger charge is 2.25. The van der Waals surface area contributed by atoms with E-state index in [2.05, 4.69) is 25.9 Å². The Balaban J connectivity index is 2.32. The van der Waals surface area contributed by atoms with Crippen LogP contribution in [0.4, 0.5) is 5.95 Å². The normalized spacial score (nSPS) is 11.6. The van der Waals surface area contributed by atoms with Gasteiger partial charge in [-0.3, -0.25) is 4.55 Å². The summed E-state index contributed by atoms with van der Waals surface area (Å²) in [6, 6.07) is 7.47. The van der Waals surface area contributed by atoms with Crippen LogP contribution >= 0.6 is 15.9 Å². The number of aryl methyl sites for hydroxylation is 3. The predicted molar refractivity (Wildman–Crippen MR) is 124 cm³/mol. The molecule has 0 spiro atoms. The second-order valence-corrected chi connectivity index (χ2v) is 9.72. The smallest absolute Gasteiger partial charge is 0.295 e. The van der Waals surface area contributed by atoms with Gasteiger partial charge in [-0.05, 0) is 62.1 Å². The first kappa shape index (κ1) is 23.2. The van der Waals surface area contributed by atoms with Crippen molar-refractivity contribution in [2.75, 3.05) is 12.8 Å². The van der Waals surface area contributed by atoms with Crippen molar-refractivity contribution in [2.24, 2.45) is 0 Å². The number of hydrogen-bond donors (Lipinski definition) is 2. The predicted octanol–water partition coefficient (Wildman–Crippen LogP) is 4.57. The zero-order valence-corrected chi connectivity index (χ0v) is 20.3. The summed E-state index contributed by atoms with van der Waals surface area (Å²) in [6.07, 6.45) is 0.450. The summed E-state index contributed by atoms with van der Waals surface area (Å²) in [6.45, 7) is 7.03. The zero-order chi connectivity index (χ0) is 23.1. The topological polar surface area (TPSA) is 115 Å². The maximum Gasteiger partial charge on any atom is 0.295 e. The van der Waals surface area contributed by atoms with Crippen LogP contribution in [0.1, 0.15) is 33.5 Å². The molecule has 1 aromatic heterocycles. The molecule has 0 saturated carbocycles. The number of benzene rings is 2. The molecule has 0 fully saturated rings. The average Bonchev–Trinajstić information content (AvgIpc) is 2.63. The van der Waals surface area contributed by atoms with Gasteiger partial charge in [0.25, 0.3) is 10.1 Å². The van der Waals surface area contributed by atoms with Crippen molar-refractivity contribution >= 4 is 32.0 Å². The Bertz CT molecular complexity index is 1290. The molecular formula is C22H24BrN3O4S. The molecule has 9 heteroatoms. The second-order valence-electron chi connectivity index (χ2n) is 7.44. The number of nitrogens with zero attached hydrogens (tertiary/aromatic N) is 2. The number of rotatable bonds is 5. The molecule has 7 nitrogen and oxygen atoms in total. The first-order valence-corrected chi connectivity index (χ1v) is 11.7. The lowest BCUT2D eigenvalue weighted by Crippen LogP contribution is -2.10. The maximum atomic E-state index is 12.1. The monoisotopic (exact) mass is 505 g/mol. The minimum Gasteiger partial charge on any atom is -0.496 e. The van der Waals surface area contributed by atoms with Crippen molar-refractivity contribution in [1.82, 2.24) is 9.97 Å². The molecule has 0 saturated heterocycles. The van der Waals surface area contributed by atoms with E-state index in [0.717, 1.165) is 21.2 Å². The van der Waals surface area contributed by atoms with Crippen LogP contribution in [-0.2, 0) is 16.5 Å². The van der Waals surface area contributed by atoms with E-state index in [1.165, 1.54) is 0 Å². The molecule has 0 aliphatic heterocycles. The van der Waals surface area contributed by atoms with Crippen molar-refractivity contribution in [3.8, 4) is 17.0 Å². The molecule has 0 radical (unpaired) electrons. The quantitative estimate of drug-likeness (QED) is 0.487. The molecule has 2 aromatic carbocycles. The fraction of sp³-hybridized carbons (Fsp3) is 0.273. The van der Waals surface area contributed by atoms with Gasteiger partial charge in [0.05, 0.1) is 12.8 Å². The van der Waals surface area contributed by atoms with Crippen molar-refractivity contribution < 1.29 is 17.7 Å². The first-order valence-electron chi connectivity index (χ1n) is 9.48. The van der Waals surface area contributed by atoms with Gasteiger partial charge in [0.15, 0.2) is 0 Å². The van der Waals surface area contributed by atoms with Crippen molar-refractivity contribution in [3.05, 3.63) is 62.2 Å². The molecule has 0 bridgehead atoms. The summed E-state index contributed by atoms with van der Waals surface area (Å²) in [5.74, 6) is 0.791. The molecule has 31 heavy (non-hydrogen) atoms. The van der Waals surface area contributed by atoms with Crippen LogP contribution < -0.4 is 10.5 Å². The number of halogens is 1. The number of anilines is 1. The van der Waals surface area contributed by atoms with Gasteiger partial charge in [-0.2, -0.15) is 8.42 Å². The average molecular weight is 506 g/mol. The van der Waals surface area contributed by atoms with Gasteiger partial charge in [-0.15, -0.1) is 0 Å². The number of methoxy groups -OCH3 is 1. The molecule has 3 aromatic rings. The Morgan fingerprint density at radius 1 is 1.10 bits per heavy atom. The van der Waals surface area contributed by atoms with Crippen molar-refractivity contribution in [2.45, 2.75) is 39.0 Å². The van der Waals surface area contributed by atoms with Crippen molar-refractivity contribution in [3.63, 3.8) is 0 Å². The SMILES string of the molecule is COc1cc(Br)ccc1Cc1c(C)nc(N)nc1-c1c(C)cc(C)c(S(=O)(=O)O)c1C. The summed E-state index contributed by atoms with van der Waals surface area (Å²) in [7, 11) is -2.82. The van der Waals surface area contributed by atoms with E-state index in [0.29, 0.717) is 40.2 Å². The van der Waals surface area contributed by atoms with E-state index in [-0.39, 0.29) is 10.8 Å². The van der Waals surface area contributed by atoms with E-state index < -0.39 is 10.1 Å². The second kappa shape index (κ2) is 8.57. The third-order valence-electron chi connectivity index (χ3n) is 5.24. The summed E-state index contributed by atoms with van der Waals surface area (Å²) in [5, 5.41) is 0. The summed E-state index contributed by atoms with van der Waals surface area (Å²) >= 11 is 3.45. The highest BCUT2D eigenvalue weighted by Crippen LogP contribution is 2.37. The molecule has 1 heterocycles. The lowest BCUT2D eigenvalue weighted by Gasteiger charge is -2.19. The number of ether oxygens (including phenoxy) is 1. The summed E-state index contributed by atoms with van der Waals surface area (Å²) < 4.78 is 40.4. The maximum absolute atomic E-state index is 12.1. The molecule has 3 rings (SSSR count). The molecule has 0 aliphatic carbocycles. The van der Waals surface area contributed by atoms with Crippen LogP contribution in [0, 0.1) is 27.7 Å². The Morgan fingerprint density at radius 2 is 1.77 bits per heavy atom. The lowest BCUT2D eigenvalue weighted by atomic mass is 9.91. The zero-order valence-electron chi connectivity index (χ0n) is 17.9. The van der Waals surface area contributed by atoms with Gasteiger partial charge >= 0.3 is 0 Å². The first-order chi connectivity index (χ1) is 14.4. The largest absolute Gasteiger partial charge is 0.496 e. The van der Waals surface area contributed by atoms with Crippen LogP contribution in [-0.4, -0.2) is 30.0 Å². The van der Waals surface area contributed by atoms with E-state index in [1.807, 2.05) is 32.0 Å². The Labute approximate surface area is 190 Å².